The molecule has 4 aromatic rings. The maximum Gasteiger partial charge on any atom is 0.292 e. The lowest BCUT2D eigenvalue weighted by atomic mass is 10.1. The van der Waals surface area contributed by atoms with Gasteiger partial charge in [-0.2, -0.15) is 4.98 Å². The van der Waals surface area contributed by atoms with Crippen LogP contribution < -0.4 is 5.73 Å². The van der Waals surface area contributed by atoms with Crippen LogP contribution in [0.2, 0.25) is 0 Å². The summed E-state index contributed by atoms with van der Waals surface area (Å²) in [6.07, 6.45) is 5.68. The molecular weight excluding hydrogens is 240 g/mol. The molecule has 0 saturated heterocycles. The molecule has 0 atom stereocenters. The predicted molar refractivity (Wildman–Crippen MR) is 72.6 cm³/mol. The predicted octanol–water partition coefficient (Wildman–Crippen LogP) is 2.72. The fourth-order valence-electron chi connectivity index (χ4n) is 2.29. The fraction of sp³-hybridized carbons (Fsp3) is 0. The van der Waals surface area contributed by atoms with E-state index in [4.69, 9.17) is 10.2 Å². The van der Waals surface area contributed by atoms with Gasteiger partial charge in [-0.15, -0.1) is 0 Å². The Balaban J connectivity index is 2.00. The minimum atomic E-state index is 0.186. The Hall–Kier alpha value is -2.82. The molecule has 2 N–H and O–H groups in total. The highest BCUT2D eigenvalue weighted by molar-refractivity contribution is 5.85. The number of hydrogen-bond acceptors (Lipinski definition) is 4. The van der Waals surface area contributed by atoms with Gasteiger partial charge in [-0.1, -0.05) is 6.07 Å². The number of anilines is 1. The fourth-order valence-corrected chi connectivity index (χ4v) is 2.29. The SMILES string of the molecule is Nc1nc2cc(-c3cccn4ccnc34)ccc2o1. The van der Waals surface area contributed by atoms with E-state index in [1.54, 1.807) is 6.20 Å². The maximum atomic E-state index is 5.56. The number of aromatic nitrogens is 3. The van der Waals surface area contributed by atoms with Crippen LogP contribution in [0.5, 0.6) is 0 Å². The van der Waals surface area contributed by atoms with Gasteiger partial charge in [-0.05, 0) is 29.8 Å². The number of fused-ring (bicyclic) bond motifs is 2. The van der Waals surface area contributed by atoms with Crippen LogP contribution in [0.3, 0.4) is 0 Å². The third-order valence-corrected chi connectivity index (χ3v) is 3.13. The number of imidazole rings is 1. The summed E-state index contributed by atoms with van der Waals surface area (Å²) < 4.78 is 7.26. The Labute approximate surface area is 108 Å². The number of oxazole rings is 1. The first-order chi connectivity index (χ1) is 9.31. The standard InChI is InChI=1S/C14H10N4O/c15-14-17-11-8-9(3-4-12(11)19-14)10-2-1-6-18-7-5-16-13(10)18/h1-8H,(H2,15,17). The summed E-state index contributed by atoms with van der Waals surface area (Å²) in [6.45, 7) is 0. The van der Waals surface area contributed by atoms with Gasteiger partial charge in [-0.25, -0.2) is 4.98 Å². The largest absolute Gasteiger partial charge is 0.424 e. The van der Waals surface area contributed by atoms with E-state index in [2.05, 4.69) is 9.97 Å². The Kier molecular flexibility index (Phi) is 1.91. The number of pyridine rings is 1. The van der Waals surface area contributed by atoms with Crippen LogP contribution in [0.1, 0.15) is 0 Å². The highest BCUT2D eigenvalue weighted by atomic mass is 16.4. The summed E-state index contributed by atoms with van der Waals surface area (Å²) in [5, 5.41) is 0. The Morgan fingerprint density at radius 2 is 2.11 bits per heavy atom. The summed E-state index contributed by atoms with van der Waals surface area (Å²) in [5.74, 6) is 0. The van der Waals surface area contributed by atoms with Crippen molar-refractivity contribution in [1.29, 1.82) is 0 Å². The van der Waals surface area contributed by atoms with Gasteiger partial charge in [0, 0.05) is 24.2 Å². The van der Waals surface area contributed by atoms with Crippen LogP contribution in [0.15, 0.2) is 53.3 Å². The van der Waals surface area contributed by atoms with Gasteiger partial charge in [0.05, 0.1) is 0 Å². The molecule has 1 aromatic carbocycles. The van der Waals surface area contributed by atoms with Crippen LogP contribution in [-0.2, 0) is 0 Å². The molecule has 0 spiro atoms. The number of nitrogens with zero attached hydrogens (tertiary/aromatic N) is 3. The molecule has 19 heavy (non-hydrogen) atoms. The summed E-state index contributed by atoms with van der Waals surface area (Å²) >= 11 is 0. The molecule has 0 unspecified atom stereocenters. The van der Waals surface area contributed by atoms with E-state index in [0.29, 0.717) is 5.58 Å². The molecule has 3 aromatic heterocycles. The topological polar surface area (TPSA) is 69.3 Å². The van der Waals surface area contributed by atoms with Gasteiger partial charge < -0.3 is 14.6 Å². The lowest BCUT2D eigenvalue weighted by molar-refractivity contribution is 0.626. The van der Waals surface area contributed by atoms with E-state index in [9.17, 15) is 0 Å². The molecular formula is C14H10N4O. The van der Waals surface area contributed by atoms with E-state index in [1.165, 1.54) is 0 Å². The third kappa shape index (κ3) is 1.48. The van der Waals surface area contributed by atoms with Crippen LogP contribution in [0, 0.1) is 0 Å². The second-order valence-electron chi connectivity index (χ2n) is 4.31. The monoisotopic (exact) mass is 250 g/mol. The first-order valence-electron chi connectivity index (χ1n) is 5.89. The van der Waals surface area contributed by atoms with Crippen molar-refractivity contribution in [3.63, 3.8) is 0 Å². The average Bonchev–Trinajstić information content (AvgIpc) is 3.01. The molecule has 4 rings (SSSR count). The highest BCUT2D eigenvalue weighted by Gasteiger charge is 2.08. The van der Waals surface area contributed by atoms with Crippen LogP contribution in [0.25, 0.3) is 27.9 Å². The molecule has 0 fully saturated rings. The minimum Gasteiger partial charge on any atom is -0.424 e. The van der Waals surface area contributed by atoms with Crippen LogP contribution >= 0.6 is 0 Å². The van der Waals surface area contributed by atoms with Crippen molar-refractivity contribution in [3.8, 4) is 11.1 Å². The second kappa shape index (κ2) is 3.58. The highest BCUT2D eigenvalue weighted by Crippen LogP contribution is 2.27. The minimum absolute atomic E-state index is 0.186. The Bertz CT molecular complexity index is 891. The van der Waals surface area contributed by atoms with E-state index in [1.807, 2.05) is 47.1 Å². The van der Waals surface area contributed by atoms with E-state index in [-0.39, 0.29) is 6.01 Å². The van der Waals surface area contributed by atoms with Gasteiger partial charge in [0.15, 0.2) is 5.58 Å². The van der Waals surface area contributed by atoms with Crippen molar-refractivity contribution in [3.05, 3.63) is 48.9 Å². The van der Waals surface area contributed by atoms with Crippen molar-refractivity contribution in [2.24, 2.45) is 0 Å². The Morgan fingerprint density at radius 1 is 1.16 bits per heavy atom. The molecule has 5 nitrogen and oxygen atoms in total. The average molecular weight is 250 g/mol. The van der Waals surface area contributed by atoms with Crippen molar-refractivity contribution in [2.45, 2.75) is 0 Å². The number of rotatable bonds is 1. The van der Waals surface area contributed by atoms with E-state index >= 15 is 0 Å². The first-order valence-corrected chi connectivity index (χ1v) is 5.89. The maximum absolute atomic E-state index is 5.56. The van der Waals surface area contributed by atoms with E-state index in [0.717, 1.165) is 22.3 Å². The number of benzene rings is 1. The summed E-state index contributed by atoms with van der Waals surface area (Å²) in [7, 11) is 0. The van der Waals surface area contributed by atoms with Crippen molar-refractivity contribution >= 4 is 22.8 Å². The van der Waals surface area contributed by atoms with Gasteiger partial charge in [0.25, 0.3) is 6.01 Å². The number of nitrogen functional groups attached to an aromatic ring is 1. The van der Waals surface area contributed by atoms with Crippen molar-refractivity contribution < 1.29 is 4.42 Å². The molecule has 0 amide bonds. The molecule has 0 bridgehead atoms. The van der Waals surface area contributed by atoms with Gasteiger partial charge in [0.2, 0.25) is 0 Å². The molecule has 0 saturated carbocycles. The zero-order chi connectivity index (χ0) is 12.8. The lowest BCUT2D eigenvalue weighted by Gasteiger charge is -2.03. The van der Waals surface area contributed by atoms with Crippen molar-refractivity contribution in [1.82, 2.24) is 14.4 Å². The van der Waals surface area contributed by atoms with Gasteiger partial charge in [-0.3, -0.25) is 0 Å². The lowest BCUT2D eigenvalue weighted by Crippen LogP contribution is -1.87. The molecule has 0 aliphatic carbocycles. The third-order valence-electron chi connectivity index (χ3n) is 3.13. The first kappa shape index (κ1) is 10.1. The molecule has 0 aliphatic heterocycles. The zero-order valence-corrected chi connectivity index (χ0v) is 9.95. The molecule has 0 aliphatic rings. The Morgan fingerprint density at radius 3 is 3.05 bits per heavy atom. The molecule has 92 valence electrons. The van der Waals surface area contributed by atoms with E-state index < -0.39 is 0 Å². The summed E-state index contributed by atoms with van der Waals surface area (Å²) in [4.78, 5) is 8.53. The summed E-state index contributed by atoms with van der Waals surface area (Å²) in [5.41, 5.74) is 10.0. The number of hydrogen-bond donors (Lipinski definition) is 1. The van der Waals surface area contributed by atoms with Crippen LogP contribution in [0.4, 0.5) is 6.01 Å². The normalized spacial score (nSPS) is 11.4. The van der Waals surface area contributed by atoms with Gasteiger partial charge in [0.1, 0.15) is 11.2 Å². The van der Waals surface area contributed by atoms with Crippen LogP contribution in [-0.4, -0.2) is 14.4 Å². The zero-order valence-electron chi connectivity index (χ0n) is 9.95. The quantitative estimate of drug-likeness (QED) is 0.564. The smallest absolute Gasteiger partial charge is 0.292 e. The number of nitrogens with two attached hydrogens (primary N) is 1. The molecule has 0 radical (unpaired) electrons. The molecule has 5 heteroatoms. The second-order valence-corrected chi connectivity index (χ2v) is 4.31. The van der Waals surface area contributed by atoms with Crippen molar-refractivity contribution in [2.75, 3.05) is 5.73 Å². The summed E-state index contributed by atoms with van der Waals surface area (Å²) in [6, 6.07) is 10.0. The molecule has 3 heterocycles. The van der Waals surface area contributed by atoms with Gasteiger partial charge >= 0.3 is 0 Å².